The van der Waals surface area contributed by atoms with Gasteiger partial charge in [-0.15, -0.1) is 11.3 Å². The van der Waals surface area contributed by atoms with Crippen molar-refractivity contribution in [2.75, 3.05) is 12.4 Å². The van der Waals surface area contributed by atoms with E-state index in [2.05, 4.69) is 15.6 Å². The summed E-state index contributed by atoms with van der Waals surface area (Å²) in [6.45, 7) is 0. The van der Waals surface area contributed by atoms with Crippen molar-refractivity contribution in [3.8, 4) is 0 Å². The summed E-state index contributed by atoms with van der Waals surface area (Å²) in [5.41, 5.74) is 0.736. The monoisotopic (exact) mass is 341 g/mol. The van der Waals surface area contributed by atoms with Gasteiger partial charge >= 0.3 is 0 Å². The number of thiazole rings is 1. The van der Waals surface area contributed by atoms with E-state index in [9.17, 15) is 4.79 Å². The molecular formula is C14H13Cl2N3OS. The van der Waals surface area contributed by atoms with E-state index in [4.69, 9.17) is 23.2 Å². The van der Waals surface area contributed by atoms with Gasteiger partial charge < -0.3 is 10.6 Å². The molecule has 0 atom stereocenters. The second-order valence-electron chi connectivity index (χ2n) is 4.92. The minimum atomic E-state index is -0.462. The zero-order valence-corrected chi connectivity index (χ0v) is 13.6. The van der Waals surface area contributed by atoms with Gasteiger partial charge in [0, 0.05) is 28.0 Å². The number of carbonyl (C=O) groups is 1. The Balaban J connectivity index is 1.85. The lowest BCUT2D eigenvalue weighted by Gasteiger charge is -2.20. The van der Waals surface area contributed by atoms with Crippen LogP contribution in [0.25, 0.3) is 0 Å². The molecule has 110 valence electrons. The molecule has 0 aliphatic heterocycles. The average Bonchev–Trinajstić information content (AvgIpc) is 3.04. The molecule has 1 fully saturated rings. The molecule has 2 aromatic rings. The summed E-state index contributed by atoms with van der Waals surface area (Å²) < 4.78 is 0. The summed E-state index contributed by atoms with van der Waals surface area (Å²) in [5, 5.41) is 9.54. The Labute approximate surface area is 136 Å². The number of aromatic nitrogens is 1. The van der Waals surface area contributed by atoms with Gasteiger partial charge in [0.2, 0.25) is 0 Å². The van der Waals surface area contributed by atoms with Crippen LogP contribution in [-0.2, 0) is 5.54 Å². The maximum atomic E-state index is 12.3. The van der Waals surface area contributed by atoms with E-state index in [0.717, 1.165) is 18.4 Å². The summed E-state index contributed by atoms with van der Waals surface area (Å²) in [6.07, 6.45) is 1.65. The molecule has 0 unspecified atom stereocenters. The number of nitrogens with zero attached hydrogens (tertiary/aromatic N) is 1. The van der Waals surface area contributed by atoms with Crippen LogP contribution in [0.4, 0.5) is 5.13 Å². The topological polar surface area (TPSA) is 54.0 Å². The molecule has 1 saturated carbocycles. The number of hydrogen-bond donors (Lipinski definition) is 2. The van der Waals surface area contributed by atoms with Crippen molar-refractivity contribution >= 4 is 45.6 Å². The Morgan fingerprint density at radius 2 is 2.00 bits per heavy atom. The zero-order chi connectivity index (χ0) is 15.0. The highest BCUT2D eigenvalue weighted by Crippen LogP contribution is 2.50. The van der Waals surface area contributed by atoms with Gasteiger partial charge in [0.15, 0.2) is 5.13 Å². The van der Waals surface area contributed by atoms with Crippen molar-refractivity contribution in [2.45, 2.75) is 18.4 Å². The first-order valence-electron chi connectivity index (χ1n) is 6.46. The molecule has 21 heavy (non-hydrogen) atoms. The number of benzene rings is 1. The summed E-state index contributed by atoms with van der Waals surface area (Å²) in [7, 11) is 1.77. The van der Waals surface area contributed by atoms with Gasteiger partial charge in [-0.25, -0.2) is 4.98 Å². The third-order valence-electron chi connectivity index (χ3n) is 3.49. The second-order valence-corrected chi connectivity index (χ2v) is 6.59. The van der Waals surface area contributed by atoms with Crippen molar-refractivity contribution in [2.24, 2.45) is 0 Å². The Hall–Kier alpha value is -1.30. The van der Waals surface area contributed by atoms with Crippen molar-refractivity contribution < 1.29 is 4.79 Å². The number of rotatable bonds is 4. The zero-order valence-electron chi connectivity index (χ0n) is 11.2. The van der Waals surface area contributed by atoms with Gasteiger partial charge in [-0.1, -0.05) is 29.3 Å². The Morgan fingerprint density at radius 3 is 2.52 bits per heavy atom. The van der Waals surface area contributed by atoms with Gasteiger partial charge in [0.05, 0.1) is 5.54 Å². The molecule has 2 N–H and O–H groups in total. The lowest BCUT2D eigenvalue weighted by Crippen LogP contribution is -2.35. The van der Waals surface area contributed by atoms with Crippen LogP contribution in [0.3, 0.4) is 0 Å². The van der Waals surface area contributed by atoms with Crippen molar-refractivity contribution in [1.82, 2.24) is 10.3 Å². The average molecular weight is 342 g/mol. The van der Waals surface area contributed by atoms with Crippen molar-refractivity contribution in [3.05, 3.63) is 44.9 Å². The molecule has 0 radical (unpaired) electrons. The van der Waals surface area contributed by atoms with Crippen LogP contribution in [0.1, 0.15) is 28.9 Å². The largest absolute Gasteiger partial charge is 0.365 e. The lowest BCUT2D eigenvalue weighted by atomic mass is 10.0. The standard InChI is InChI=1S/C14H13Cl2N3OS/c1-17-13-18-10(7-21-13)12(20)19-14(5-6-14)11-8(15)3-2-4-9(11)16/h2-4,7H,5-6H2,1H3,(H,17,18)(H,19,20). The fraction of sp³-hybridized carbons (Fsp3) is 0.286. The molecule has 7 heteroatoms. The molecule has 1 aromatic carbocycles. The van der Waals surface area contributed by atoms with E-state index in [0.29, 0.717) is 20.9 Å². The predicted molar refractivity (Wildman–Crippen MR) is 86.5 cm³/mol. The van der Waals surface area contributed by atoms with E-state index in [1.165, 1.54) is 11.3 Å². The fourth-order valence-electron chi connectivity index (χ4n) is 2.29. The van der Waals surface area contributed by atoms with Crippen LogP contribution in [0, 0.1) is 0 Å². The lowest BCUT2D eigenvalue weighted by molar-refractivity contribution is 0.0926. The Kier molecular flexibility index (Phi) is 3.82. The van der Waals surface area contributed by atoms with Crippen LogP contribution in [0.15, 0.2) is 23.6 Å². The molecule has 1 aliphatic rings. The van der Waals surface area contributed by atoms with E-state index >= 15 is 0 Å². The van der Waals surface area contributed by atoms with E-state index in [1.807, 2.05) is 0 Å². The number of anilines is 1. The number of hydrogen-bond acceptors (Lipinski definition) is 4. The minimum absolute atomic E-state index is 0.207. The van der Waals surface area contributed by atoms with Crippen molar-refractivity contribution in [1.29, 1.82) is 0 Å². The number of carbonyl (C=O) groups excluding carboxylic acids is 1. The summed E-state index contributed by atoms with van der Waals surface area (Å²) in [6, 6.07) is 5.37. The van der Waals surface area contributed by atoms with Gasteiger partial charge in [0.25, 0.3) is 5.91 Å². The van der Waals surface area contributed by atoms with E-state index in [-0.39, 0.29) is 5.91 Å². The van der Waals surface area contributed by atoms with Crippen LogP contribution in [0.2, 0.25) is 10.0 Å². The van der Waals surface area contributed by atoms with Gasteiger partial charge in [-0.3, -0.25) is 4.79 Å². The van der Waals surface area contributed by atoms with E-state index in [1.54, 1.807) is 30.6 Å². The summed E-state index contributed by atoms with van der Waals surface area (Å²) in [4.78, 5) is 16.6. The van der Waals surface area contributed by atoms with E-state index < -0.39 is 5.54 Å². The SMILES string of the molecule is CNc1nc(C(=O)NC2(c3c(Cl)cccc3Cl)CC2)cs1. The highest BCUT2D eigenvalue weighted by atomic mass is 35.5. The van der Waals surface area contributed by atoms with Crippen LogP contribution >= 0.6 is 34.5 Å². The molecule has 1 aliphatic carbocycles. The fourth-order valence-corrected chi connectivity index (χ4v) is 3.70. The molecule has 0 saturated heterocycles. The summed E-state index contributed by atoms with van der Waals surface area (Å²) >= 11 is 13.9. The number of amides is 1. The summed E-state index contributed by atoms with van der Waals surface area (Å²) in [5.74, 6) is -0.207. The first-order chi connectivity index (χ1) is 10.1. The van der Waals surface area contributed by atoms with Crippen LogP contribution < -0.4 is 10.6 Å². The molecule has 0 bridgehead atoms. The maximum Gasteiger partial charge on any atom is 0.271 e. The third kappa shape index (κ3) is 2.73. The second kappa shape index (κ2) is 5.48. The smallest absolute Gasteiger partial charge is 0.271 e. The molecule has 4 nitrogen and oxygen atoms in total. The van der Waals surface area contributed by atoms with Crippen LogP contribution in [0.5, 0.6) is 0 Å². The number of nitrogens with one attached hydrogen (secondary N) is 2. The highest BCUT2D eigenvalue weighted by Gasteiger charge is 2.48. The first-order valence-corrected chi connectivity index (χ1v) is 8.09. The third-order valence-corrected chi connectivity index (χ3v) is 4.98. The molecular weight excluding hydrogens is 329 g/mol. The van der Waals surface area contributed by atoms with Crippen molar-refractivity contribution in [3.63, 3.8) is 0 Å². The van der Waals surface area contributed by atoms with Gasteiger partial charge in [-0.2, -0.15) is 0 Å². The molecule has 1 amide bonds. The first kappa shape index (κ1) is 14.6. The minimum Gasteiger partial charge on any atom is -0.365 e. The normalized spacial score (nSPS) is 15.6. The van der Waals surface area contributed by atoms with Gasteiger partial charge in [-0.05, 0) is 25.0 Å². The molecule has 0 spiro atoms. The Morgan fingerprint density at radius 1 is 1.33 bits per heavy atom. The maximum absolute atomic E-state index is 12.3. The molecule has 1 aromatic heterocycles. The Bertz CT molecular complexity index is 677. The molecule has 3 rings (SSSR count). The van der Waals surface area contributed by atoms with Crippen LogP contribution in [-0.4, -0.2) is 17.9 Å². The molecule has 1 heterocycles. The highest BCUT2D eigenvalue weighted by molar-refractivity contribution is 7.13. The number of halogens is 2. The van der Waals surface area contributed by atoms with Gasteiger partial charge in [0.1, 0.15) is 5.69 Å². The quantitative estimate of drug-likeness (QED) is 0.886. The predicted octanol–water partition coefficient (Wildman–Crippen LogP) is 3.91.